The van der Waals surface area contributed by atoms with Crippen molar-refractivity contribution in [3.8, 4) is 11.1 Å². The number of carbonyl (C=O) groups excluding carboxylic acids is 1. The lowest BCUT2D eigenvalue weighted by molar-refractivity contribution is 0.110. The van der Waals surface area contributed by atoms with E-state index in [0.29, 0.717) is 6.42 Å². The molecule has 0 aromatic heterocycles. The van der Waals surface area contributed by atoms with Gasteiger partial charge in [0.1, 0.15) is 6.61 Å². The SMILES string of the molecule is CC[C@H](NC(=O)OCC1c2ccccc2-c2ccccc21)[C@H](C)O. The molecule has 2 N–H and O–H groups in total. The van der Waals surface area contributed by atoms with Gasteiger partial charge in [-0.2, -0.15) is 0 Å². The van der Waals surface area contributed by atoms with Crippen LogP contribution in [0.1, 0.15) is 37.3 Å². The lowest BCUT2D eigenvalue weighted by Gasteiger charge is -2.20. The molecule has 1 amide bonds. The molecule has 2 aromatic carbocycles. The fourth-order valence-electron chi connectivity index (χ4n) is 3.36. The van der Waals surface area contributed by atoms with Crippen LogP contribution < -0.4 is 5.32 Å². The third kappa shape index (κ3) is 3.15. The Labute approximate surface area is 142 Å². The van der Waals surface area contributed by atoms with Gasteiger partial charge in [-0.15, -0.1) is 0 Å². The zero-order valence-corrected chi connectivity index (χ0v) is 14.0. The van der Waals surface area contributed by atoms with Crippen molar-refractivity contribution in [2.45, 2.75) is 38.3 Å². The Bertz CT molecular complexity index is 681. The molecule has 0 saturated carbocycles. The highest BCUT2D eigenvalue weighted by molar-refractivity contribution is 5.79. The third-order valence-electron chi connectivity index (χ3n) is 4.67. The van der Waals surface area contributed by atoms with E-state index in [4.69, 9.17) is 4.74 Å². The topological polar surface area (TPSA) is 58.6 Å². The Morgan fingerprint density at radius 3 is 2.17 bits per heavy atom. The molecule has 1 aliphatic carbocycles. The summed E-state index contributed by atoms with van der Waals surface area (Å²) in [5.74, 6) is 0.0507. The average molecular weight is 325 g/mol. The molecule has 0 radical (unpaired) electrons. The maximum Gasteiger partial charge on any atom is 0.407 e. The molecule has 2 atom stereocenters. The number of hydrogen-bond donors (Lipinski definition) is 2. The van der Waals surface area contributed by atoms with E-state index in [1.165, 1.54) is 22.3 Å². The highest BCUT2D eigenvalue weighted by atomic mass is 16.5. The number of aliphatic hydroxyl groups excluding tert-OH is 1. The minimum Gasteiger partial charge on any atom is -0.449 e. The van der Waals surface area contributed by atoms with E-state index in [1.807, 2.05) is 31.2 Å². The molecule has 0 aliphatic heterocycles. The van der Waals surface area contributed by atoms with Gasteiger partial charge in [-0.1, -0.05) is 55.5 Å². The van der Waals surface area contributed by atoms with Crippen molar-refractivity contribution in [2.75, 3.05) is 6.61 Å². The first-order chi connectivity index (χ1) is 11.6. The van der Waals surface area contributed by atoms with E-state index in [1.54, 1.807) is 6.92 Å². The largest absolute Gasteiger partial charge is 0.449 e. The number of rotatable bonds is 5. The first-order valence-corrected chi connectivity index (χ1v) is 8.41. The zero-order valence-electron chi connectivity index (χ0n) is 14.0. The van der Waals surface area contributed by atoms with Crippen molar-refractivity contribution < 1.29 is 14.6 Å². The summed E-state index contributed by atoms with van der Waals surface area (Å²) in [6, 6.07) is 16.2. The van der Waals surface area contributed by atoms with Gasteiger partial charge < -0.3 is 15.2 Å². The standard InChI is InChI=1S/C20H23NO3/c1-3-19(13(2)22)21-20(23)24-12-18-16-10-6-4-8-14(16)15-9-5-7-11-17(15)18/h4-11,13,18-19,22H,3,12H2,1-2H3,(H,21,23)/t13-,19-/m0/s1. The molecule has 0 spiro atoms. The van der Waals surface area contributed by atoms with Crippen molar-refractivity contribution in [3.05, 3.63) is 59.7 Å². The lowest BCUT2D eigenvalue weighted by atomic mass is 9.98. The van der Waals surface area contributed by atoms with Gasteiger partial charge in [-0.3, -0.25) is 0 Å². The summed E-state index contributed by atoms with van der Waals surface area (Å²) in [4.78, 5) is 12.1. The summed E-state index contributed by atoms with van der Waals surface area (Å²) >= 11 is 0. The maximum absolute atomic E-state index is 12.1. The fourth-order valence-corrected chi connectivity index (χ4v) is 3.36. The van der Waals surface area contributed by atoms with Crippen molar-refractivity contribution in [1.29, 1.82) is 0 Å². The van der Waals surface area contributed by atoms with Gasteiger partial charge >= 0.3 is 6.09 Å². The van der Waals surface area contributed by atoms with Crippen LogP contribution in [0.2, 0.25) is 0 Å². The van der Waals surface area contributed by atoms with E-state index in [2.05, 4.69) is 29.6 Å². The summed E-state index contributed by atoms with van der Waals surface area (Å²) < 4.78 is 5.46. The van der Waals surface area contributed by atoms with Gasteiger partial charge in [-0.25, -0.2) is 4.79 Å². The van der Waals surface area contributed by atoms with Crippen LogP contribution in [0.5, 0.6) is 0 Å². The predicted octanol–water partition coefficient (Wildman–Crippen LogP) is 3.68. The molecule has 0 unspecified atom stereocenters. The molecule has 4 heteroatoms. The van der Waals surface area contributed by atoms with Gasteiger partial charge in [-0.05, 0) is 35.6 Å². The third-order valence-corrected chi connectivity index (χ3v) is 4.67. The second kappa shape index (κ2) is 7.05. The number of nitrogens with one attached hydrogen (secondary N) is 1. The number of amides is 1. The number of carbonyl (C=O) groups is 1. The van der Waals surface area contributed by atoms with Gasteiger partial charge in [0, 0.05) is 5.92 Å². The Morgan fingerprint density at radius 2 is 1.67 bits per heavy atom. The minimum absolute atomic E-state index is 0.0507. The van der Waals surface area contributed by atoms with Crippen LogP contribution in [0.4, 0.5) is 4.79 Å². The molecular formula is C20H23NO3. The Hall–Kier alpha value is -2.33. The molecular weight excluding hydrogens is 302 g/mol. The van der Waals surface area contributed by atoms with Crippen LogP contribution in [0.3, 0.4) is 0 Å². The van der Waals surface area contributed by atoms with Gasteiger partial charge in [0.2, 0.25) is 0 Å². The van der Waals surface area contributed by atoms with Crippen LogP contribution in [-0.4, -0.2) is 30.0 Å². The number of aliphatic hydroxyl groups is 1. The maximum atomic E-state index is 12.1. The summed E-state index contributed by atoms with van der Waals surface area (Å²) in [7, 11) is 0. The van der Waals surface area contributed by atoms with Crippen LogP contribution in [-0.2, 0) is 4.74 Å². The van der Waals surface area contributed by atoms with E-state index in [-0.39, 0.29) is 18.6 Å². The zero-order chi connectivity index (χ0) is 17.1. The first-order valence-electron chi connectivity index (χ1n) is 8.41. The average Bonchev–Trinajstić information content (AvgIpc) is 2.91. The summed E-state index contributed by atoms with van der Waals surface area (Å²) in [6.07, 6.45) is -0.429. The Kier molecular flexibility index (Phi) is 4.86. The fraction of sp³-hybridized carbons (Fsp3) is 0.350. The number of alkyl carbamates (subject to hydrolysis) is 1. The number of ether oxygens (including phenoxy) is 1. The quantitative estimate of drug-likeness (QED) is 0.881. The van der Waals surface area contributed by atoms with Crippen molar-refractivity contribution in [1.82, 2.24) is 5.32 Å². The van der Waals surface area contributed by atoms with Crippen molar-refractivity contribution in [3.63, 3.8) is 0 Å². The molecule has 0 fully saturated rings. The molecule has 126 valence electrons. The molecule has 0 saturated heterocycles. The second-order valence-corrected chi connectivity index (χ2v) is 6.23. The van der Waals surface area contributed by atoms with Gasteiger partial charge in [0.05, 0.1) is 12.1 Å². The van der Waals surface area contributed by atoms with Crippen LogP contribution in [0, 0.1) is 0 Å². The van der Waals surface area contributed by atoms with Crippen LogP contribution in [0.15, 0.2) is 48.5 Å². The predicted molar refractivity (Wildman–Crippen MR) is 94.0 cm³/mol. The van der Waals surface area contributed by atoms with E-state index < -0.39 is 12.2 Å². The lowest BCUT2D eigenvalue weighted by Crippen LogP contribution is -2.42. The molecule has 24 heavy (non-hydrogen) atoms. The first kappa shape index (κ1) is 16.5. The summed E-state index contributed by atoms with van der Waals surface area (Å²) in [5.41, 5.74) is 4.79. The molecule has 0 heterocycles. The number of hydrogen-bond acceptors (Lipinski definition) is 3. The number of benzene rings is 2. The normalized spacial score (nSPS) is 15.3. The van der Waals surface area contributed by atoms with E-state index >= 15 is 0 Å². The minimum atomic E-state index is -0.601. The molecule has 0 bridgehead atoms. The Morgan fingerprint density at radius 1 is 1.12 bits per heavy atom. The highest BCUT2D eigenvalue weighted by Gasteiger charge is 2.29. The number of fused-ring (bicyclic) bond motifs is 3. The highest BCUT2D eigenvalue weighted by Crippen LogP contribution is 2.44. The smallest absolute Gasteiger partial charge is 0.407 e. The molecule has 4 nitrogen and oxygen atoms in total. The summed E-state index contributed by atoms with van der Waals surface area (Å²) in [6.45, 7) is 3.87. The Balaban J connectivity index is 1.73. The van der Waals surface area contributed by atoms with Gasteiger partial charge in [0.15, 0.2) is 0 Å². The van der Waals surface area contributed by atoms with Crippen molar-refractivity contribution >= 4 is 6.09 Å². The van der Waals surface area contributed by atoms with Gasteiger partial charge in [0.25, 0.3) is 0 Å². The van der Waals surface area contributed by atoms with E-state index in [9.17, 15) is 9.90 Å². The molecule has 2 aromatic rings. The molecule has 1 aliphatic rings. The van der Waals surface area contributed by atoms with Crippen LogP contribution >= 0.6 is 0 Å². The molecule has 3 rings (SSSR count). The van der Waals surface area contributed by atoms with Crippen LogP contribution in [0.25, 0.3) is 11.1 Å². The monoisotopic (exact) mass is 325 g/mol. The summed E-state index contributed by atoms with van der Waals surface area (Å²) in [5, 5.41) is 12.4. The van der Waals surface area contributed by atoms with E-state index in [0.717, 1.165) is 0 Å². The second-order valence-electron chi connectivity index (χ2n) is 6.23. The van der Waals surface area contributed by atoms with Crippen molar-refractivity contribution in [2.24, 2.45) is 0 Å².